The van der Waals surface area contributed by atoms with E-state index in [0.29, 0.717) is 0 Å². The normalized spacial score (nSPS) is 14.4. The monoisotopic (exact) mass is 257 g/mol. The Bertz CT molecular complexity index is 550. The van der Waals surface area contributed by atoms with Crippen LogP contribution in [-0.4, -0.2) is 6.54 Å². The van der Waals surface area contributed by atoms with Crippen LogP contribution in [0.25, 0.3) is 0 Å². The van der Waals surface area contributed by atoms with Gasteiger partial charge in [0.2, 0.25) is 0 Å². The van der Waals surface area contributed by atoms with Crippen LogP contribution in [0.2, 0.25) is 5.02 Å². The van der Waals surface area contributed by atoms with E-state index in [1.807, 2.05) is 12.1 Å². The lowest BCUT2D eigenvalue weighted by Crippen LogP contribution is -2.28. The average molecular weight is 258 g/mol. The Morgan fingerprint density at radius 1 is 1.06 bits per heavy atom. The molecule has 2 heteroatoms. The molecule has 92 valence electrons. The molecule has 0 spiro atoms. The number of benzene rings is 2. The van der Waals surface area contributed by atoms with E-state index in [1.165, 1.54) is 29.7 Å². The highest BCUT2D eigenvalue weighted by molar-refractivity contribution is 6.30. The van der Waals surface area contributed by atoms with Gasteiger partial charge in [-0.15, -0.1) is 0 Å². The number of halogens is 1. The van der Waals surface area contributed by atoms with Gasteiger partial charge in [-0.1, -0.05) is 41.9 Å². The van der Waals surface area contributed by atoms with Crippen molar-refractivity contribution in [2.75, 3.05) is 11.4 Å². The van der Waals surface area contributed by atoms with Crippen molar-refractivity contribution in [1.29, 1.82) is 0 Å². The van der Waals surface area contributed by atoms with E-state index in [1.54, 1.807) is 0 Å². The maximum absolute atomic E-state index is 6.04. The fourth-order valence-electron chi connectivity index (χ4n) is 2.63. The largest absolute Gasteiger partial charge is 0.367 e. The molecule has 0 amide bonds. The first-order valence-corrected chi connectivity index (χ1v) is 6.78. The quantitative estimate of drug-likeness (QED) is 0.776. The Morgan fingerprint density at radius 2 is 1.94 bits per heavy atom. The zero-order valence-corrected chi connectivity index (χ0v) is 11.0. The highest BCUT2D eigenvalue weighted by Gasteiger charge is 2.16. The smallest absolute Gasteiger partial charge is 0.0430 e. The third-order valence-electron chi connectivity index (χ3n) is 3.47. The summed E-state index contributed by atoms with van der Waals surface area (Å²) in [5.74, 6) is 0. The van der Waals surface area contributed by atoms with E-state index >= 15 is 0 Å². The van der Waals surface area contributed by atoms with Crippen molar-refractivity contribution >= 4 is 17.3 Å². The van der Waals surface area contributed by atoms with Crippen molar-refractivity contribution in [3.63, 3.8) is 0 Å². The summed E-state index contributed by atoms with van der Waals surface area (Å²) in [7, 11) is 0. The minimum Gasteiger partial charge on any atom is -0.367 e. The molecule has 1 nitrogen and oxygen atoms in total. The van der Waals surface area contributed by atoms with Gasteiger partial charge < -0.3 is 4.90 Å². The van der Waals surface area contributed by atoms with Crippen LogP contribution < -0.4 is 4.90 Å². The van der Waals surface area contributed by atoms with Crippen molar-refractivity contribution in [1.82, 2.24) is 0 Å². The van der Waals surface area contributed by atoms with E-state index in [2.05, 4.69) is 41.3 Å². The Balaban J connectivity index is 1.86. The first kappa shape index (κ1) is 11.6. The van der Waals surface area contributed by atoms with Gasteiger partial charge in [-0.2, -0.15) is 0 Å². The van der Waals surface area contributed by atoms with Crippen LogP contribution in [0.5, 0.6) is 0 Å². The van der Waals surface area contributed by atoms with Crippen LogP contribution in [0.15, 0.2) is 48.5 Å². The molecule has 0 N–H and O–H groups in total. The standard InChI is InChI=1S/C16H16ClN/c17-15-8-3-5-13(11-15)12-18-10-4-7-14-6-1-2-9-16(14)18/h1-3,5-6,8-9,11H,4,7,10,12H2. The van der Waals surface area contributed by atoms with Gasteiger partial charge in [-0.05, 0) is 42.2 Å². The molecule has 0 saturated heterocycles. The Morgan fingerprint density at radius 3 is 2.83 bits per heavy atom. The lowest BCUT2D eigenvalue weighted by Gasteiger charge is -2.31. The van der Waals surface area contributed by atoms with E-state index in [9.17, 15) is 0 Å². The topological polar surface area (TPSA) is 3.24 Å². The summed E-state index contributed by atoms with van der Waals surface area (Å²) < 4.78 is 0. The molecule has 0 bridgehead atoms. The summed E-state index contributed by atoms with van der Waals surface area (Å²) >= 11 is 6.04. The van der Waals surface area contributed by atoms with Crippen molar-refractivity contribution < 1.29 is 0 Å². The predicted molar refractivity (Wildman–Crippen MR) is 77.3 cm³/mol. The third-order valence-corrected chi connectivity index (χ3v) is 3.70. The zero-order chi connectivity index (χ0) is 12.4. The van der Waals surface area contributed by atoms with E-state index < -0.39 is 0 Å². The Kier molecular flexibility index (Phi) is 3.24. The minimum absolute atomic E-state index is 0.817. The second-order valence-corrected chi connectivity index (χ2v) is 5.22. The molecule has 1 aliphatic rings. The van der Waals surface area contributed by atoms with Crippen molar-refractivity contribution in [2.45, 2.75) is 19.4 Å². The van der Waals surface area contributed by atoms with Crippen LogP contribution in [-0.2, 0) is 13.0 Å². The van der Waals surface area contributed by atoms with Gasteiger partial charge >= 0.3 is 0 Å². The fraction of sp³-hybridized carbons (Fsp3) is 0.250. The van der Waals surface area contributed by atoms with Crippen molar-refractivity contribution in [3.05, 3.63) is 64.7 Å². The van der Waals surface area contributed by atoms with Crippen LogP contribution in [0, 0.1) is 0 Å². The summed E-state index contributed by atoms with van der Waals surface area (Å²) in [6.45, 7) is 2.07. The van der Waals surface area contributed by atoms with Gasteiger partial charge in [-0.3, -0.25) is 0 Å². The molecule has 1 heterocycles. The molecule has 0 radical (unpaired) electrons. The highest BCUT2D eigenvalue weighted by Crippen LogP contribution is 2.28. The number of fused-ring (bicyclic) bond motifs is 1. The van der Waals surface area contributed by atoms with Gasteiger partial charge in [0.25, 0.3) is 0 Å². The van der Waals surface area contributed by atoms with Gasteiger partial charge in [0.1, 0.15) is 0 Å². The SMILES string of the molecule is Clc1cccc(CN2CCCc3ccccc32)c1. The molecule has 2 aromatic rings. The lowest BCUT2D eigenvalue weighted by molar-refractivity contribution is 0.691. The molecule has 0 aliphatic carbocycles. The van der Waals surface area contributed by atoms with Crippen molar-refractivity contribution in [2.24, 2.45) is 0 Å². The molecule has 0 atom stereocenters. The molecule has 1 aliphatic heterocycles. The van der Waals surface area contributed by atoms with Crippen LogP contribution in [0.3, 0.4) is 0 Å². The van der Waals surface area contributed by atoms with E-state index in [0.717, 1.165) is 18.1 Å². The maximum atomic E-state index is 6.04. The summed E-state index contributed by atoms with van der Waals surface area (Å²) in [6, 6.07) is 16.8. The summed E-state index contributed by atoms with van der Waals surface area (Å²) in [5, 5.41) is 0.817. The second-order valence-electron chi connectivity index (χ2n) is 4.78. The first-order valence-electron chi connectivity index (χ1n) is 6.40. The summed E-state index contributed by atoms with van der Waals surface area (Å²) in [4.78, 5) is 2.45. The minimum atomic E-state index is 0.817. The highest BCUT2D eigenvalue weighted by atomic mass is 35.5. The number of rotatable bonds is 2. The Hall–Kier alpha value is -1.47. The number of nitrogens with zero attached hydrogens (tertiary/aromatic N) is 1. The molecule has 3 rings (SSSR count). The lowest BCUT2D eigenvalue weighted by atomic mass is 10.0. The first-order chi connectivity index (χ1) is 8.83. The number of para-hydroxylation sites is 1. The third kappa shape index (κ3) is 2.37. The van der Waals surface area contributed by atoms with Crippen molar-refractivity contribution in [3.8, 4) is 0 Å². The summed E-state index contributed by atoms with van der Waals surface area (Å²) in [6.07, 6.45) is 2.43. The van der Waals surface area contributed by atoms with Gasteiger partial charge in [0.15, 0.2) is 0 Å². The molecular formula is C16H16ClN. The van der Waals surface area contributed by atoms with Gasteiger partial charge in [0.05, 0.1) is 0 Å². The number of hydrogen-bond acceptors (Lipinski definition) is 1. The fourth-order valence-corrected chi connectivity index (χ4v) is 2.84. The predicted octanol–water partition coefficient (Wildman–Crippen LogP) is 4.29. The molecule has 0 aromatic heterocycles. The van der Waals surface area contributed by atoms with Crippen LogP contribution in [0.4, 0.5) is 5.69 Å². The number of aryl methyl sites for hydroxylation is 1. The Labute approximate surface area is 113 Å². The summed E-state index contributed by atoms with van der Waals surface area (Å²) in [5.41, 5.74) is 4.12. The van der Waals surface area contributed by atoms with Gasteiger partial charge in [0, 0.05) is 23.8 Å². The van der Waals surface area contributed by atoms with Gasteiger partial charge in [-0.25, -0.2) is 0 Å². The van der Waals surface area contributed by atoms with Crippen LogP contribution >= 0.6 is 11.6 Å². The second kappa shape index (κ2) is 5.03. The maximum Gasteiger partial charge on any atom is 0.0430 e. The van der Waals surface area contributed by atoms with E-state index in [-0.39, 0.29) is 0 Å². The van der Waals surface area contributed by atoms with Crippen LogP contribution in [0.1, 0.15) is 17.5 Å². The number of anilines is 1. The molecule has 18 heavy (non-hydrogen) atoms. The number of hydrogen-bond donors (Lipinski definition) is 0. The zero-order valence-electron chi connectivity index (χ0n) is 10.3. The molecular weight excluding hydrogens is 242 g/mol. The molecule has 2 aromatic carbocycles. The average Bonchev–Trinajstić information content (AvgIpc) is 2.39. The molecule has 0 fully saturated rings. The van der Waals surface area contributed by atoms with E-state index in [4.69, 9.17) is 11.6 Å². The molecule has 0 unspecified atom stereocenters. The molecule has 0 saturated carbocycles.